The SMILES string of the molecule is C[C@@H]([C@@H]1CS1)S(=O)(=O)c1ccc(Oc2ccccc2)cc1. The van der Waals surface area contributed by atoms with E-state index in [1.54, 1.807) is 43.0 Å². The first-order chi connectivity index (χ1) is 10.1. The highest BCUT2D eigenvalue weighted by Crippen LogP contribution is 2.38. The van der Waals surface area contributed by atoms with E-state index in [4.69, 9.17) is 4.74 Å². The summed E-state index contributed by atoms with van der Waals surface area (Å²) in [5, 5.41) is -0.0846. The van der Waals surface area contributed by atoms with Crippen molar-refractivity contribution in [1.29, 1.82) is 0 Å². The van der Waals surface area contributed by atoms with Crippen LogP contribution in [0.15, 0.2) is 59.5 Å². The molecule has 1 saturated heterocycles. The molecule has 1 fully saturated rings. The molecule has 110 valence electrons. The Hall–Kier alpha value is -1.46. The van der Waals surface area contributed by atoms with E-state index < -0.39 is 9.84 Å². The first-order valence-corrected chi connectivity index (χ1v) is 9.35. The van der Waals surface area contributed by atoms with Gasteiger partial charge in [-0.15, -0.1) is 0 Å². The maximum Gasteiger partial charge on any atom is 0.182 e. The minimum atomic E-state index is -3.24. The molecular formula is C16H16O3S2. The summed E-state index contributed by atoms with van der Waals surface area (Å²) in [5.41, 5.74) is 0. The molecule has 2 aromatic carbocycles. The van der Waals surface area contributed by atoms with E-state index in [9.17, 15) is 8.42 Å². The number of hydrogen-bond acceptors (Lipinski definition) is 4. The van der Waals surface area contributed by atoms with E-state index in [-0.39, 0.29) is 10.5 Å². The highest BCUT2D eigenvalue weighted by molar-refractivity contribution is 8.08. The Morgan fingerprint density at radius 2 is 1.62 bits per heavy atom. The minimum absolute atomic E-state index is 0.246. The number of hydrogen-bond donors (Lipinski definition) is 0. The van der Waals surface area contributed by atoms with Crippen molar-refractivity contribution in [3.63, 3.8) is 0 Å². The third-order valence-electron chi connectivity index (χ3n) is 3.50. The number of sulfone groups is 1. The molecule has 2 atom stereocenters. The zero-order valence-corrected chi connectivity index (χ0v) is 13.2. The first kappa shape index (κ1) is 14.5. The summed E-state index contributed by atoms with van der Waals surface area (Å²) in [6.45, 7) is 1.79. The standard InChI is InChI=1S/C16H16O3S2/c1-12(16-11-20-16)21(17,18)15-9-7-14(8-10-15)19-13-5-3-2-4-6-13/h2-10,12,16H,11H2,1H3/t12-,16-/m0/s1. The van der Waals surface area contributed by atoms with E-state index in [0.717, 1.165) is 11.5 Å². The van der Waals surface area contributed by atoms with E-state index >= 15 is 0 Å². The predicted molar refractivity (Wildman–Crippen MR) is 85.9 cm³/mol. The van der Waals surface area contributed by atoms with Gasteiger partial charge in [-0.05, 0) is 43.3 Å². The number of para-hydroxylation sites is 1. The average molecular weight is 320 g/mol. The number of thioether (sulfide) groups is 1. The Labute approximate surface area is 129 Å². The average Bonchev–Trinajstić information content (AvgIpc) is 3.33. The van der Waals surface area contributed by atoms with Gasteiger partial charge in [0.2, 0.25) is 0 Å². The van der Waals surface area contributed by atoms with Crippen molar-refractivity contribution >= 4 is 21.6 Å². The summed E-state index contributed by atoms with van der Waals surface area (Å²) < 4.78 is 30.5. The van der Waals surface area contributed by atoms with Crippen molar-refractivity contribution in [2.75, 3.05) is 5.75 Å². The van der Waals surface area contributed by atoms with Gasteiger partial charge in [0.15, 0.2) is 9.84 Å². The molecule has 2 aromatic rings. The van der Waals surface area contributed by atoms with Crippen LogP contribution in [0.2, 0.25) is 0 Å². The van der Waals surface area contributed by atoms with Crippen molar-refractivity contribution < 1.29 is 13.2 Å². The molecular weight excluding hydrogens is 304 g/mol. The van der Waals surface area contributed by atoms with Crippen LogP contribution in [0.4, 0.5) is 0 Å². The summed E-state index contributed by atoms with van der Waals surface area (Å²) in [6, 6.07) is 16.1. The lowest BCUT2D eigenvalue weighted by Gasteiger charge is -2.12. The Morgan fingerprint density at radius 3 is 2.19 bits per heavy atom. The monoisotopic (exact) mass is 320 g/mol. The van der Waals surface area contributed by atoms with Crippen LogP contribution in [0.5, 0.6) is 11.5 Å². The van der Waals surface area contributed by atoms with Crippen LogP contribution in [-0.2, 0) is 9.84 Å². The zero-order chi connectivity index (χ0) is 14.9. The lowest BCUT2D eigenvalue weighted by molar-refractivity contribution is 0.482. The topological polar surface area (TPSA) is 43.4 Å². The quantitative estimate of drug-likeness (QED) is 0.787. The van der Waals surface area contributed by atoms with Crippen LogP contribution in [0.1, 0.15) is 6.92 Å². The van der Waals surface area contributed by atoms with Gasteiger partial charge in [0.25, 0.3) is 0 Å². The molecule has 21 heavy (non-hydrogen) atoms. The second kappa shape index (κ2) is 5.73. The third kappa shape index (κ3) is 3.24. The number of benzene rings is 2. The van der Waals surface area contributed by atoms with Gasteiger partial charge in [0, 0.05) is 11.0 Å². The lowest BCUT2D eigenvalue weighted by atomic mass is 10.3. The van der Waals surface area contributed by atoms with Crippen LogP contribution in [-0.4, -0.2) is 24.7 Å². The molecule has 1 heterocycles. The van der Waals surface area contributed by atoms with Crippen molar-refractivity contribution in [3.05, 3.63) is 54.6 Å². The molecule has 1 aliphatic rings. The fourth-order valence-corrected chi connectivity index (χ4v) is 4.97. The van der Waals surface area contributed by atoms with Crippen LogP contribution >= 0.6 is 11.8 Å². The third-order valence-corrected chi connectivity index (χ3v) is 7.04. The van der Waals surface area contributed by atoms with E-state index in [1.807, 2.05) is 30.3 Å². The van der Waals surface area contributed by atoms with Crippen molar-refractivity contribution in [2.45, 2.75) is 22.3 Å². The van der Waals surface area contributed by atoms with Crippen LogP contribution in [0.3, 0.4) is 0 Å². The van der Waals surface area contributed by atoms with Crippen LogP contribution < -0.4 is 4.74 Å². The van der Waals surface area contributed by atoms with Gasteiger partial charge in [-0.3, -0.25) is 0 Å². The zero-order valence-electron chi connectivity index (χ0n) is 11.6. The van der Waals surface area contributed by atoms with Crippen LogP contribution in [0.25, 0.3) is 0 Å². The normalized spacial score (nSPS) is 19.0. The van der Waals surface area contributed by atoms with E-state index in [2.05, 4.69) is 0 Å². The molecule has 0 aliphatic carbocycles. The summed E-state index contributed by atoms with van der Waals surface area (Å²) in [6.07, 6.45) is 0. The Bertz CT molecular complexity index is 705. The molecule has 0 amide bonds. The second-order valence-corrected chi connectivity index (χ2v) is 8.59. The van der Waals surface area contributed by atoms with Gasteiger partial charge in [0.1, 0.15) is 11.5 Å². The maximum absolute atomic E-state index is 12.4. The highest BCUT2D eigenvalue weighted by atomic mass is 32.2. The van der Waals surface area contributed by atoms with Gasteiger partial charge in [-0.25, -0.2) is 8.42 Å². The summed E-state index contributed by atoms with van der Waals surface area (Å²) >= 11 is 1.70. The van der Waals surface area contributed by atoms with Crippen molar-refractivity contribution in [3.8, 4) is 11.5 Å². The smallest absolute Gasteiger partial charge is 0.182 e. The van der Waals surface area contributed by atoms with E-state index in [1.165, 1.54) is 0 Å². The fourth-order valence-electron chi connectivity index (χ4n) is 2.06. The molecule has 0 spiro atoms. The van der Waals surface area contributed by atoms with Gasteiger partial charge < -0.3 is 4.74 Å². The van der Waals surface area contributed by atoms with Crippen molar-refractivity contribution in [2.24, 2.45) is 0 Å². The molecule has 5 heteroatoms. The molecule has 1 aliphatic heterocycles. The maximum atomic E-state index is 12.4. The molecule has 3 rings (SSSR count). The number of rotatable bonds is 5. The number of ether oxygens (including phenoxy) is 1. The van der Waals surface area contributed by atoms with Gasteiger partial charge in [-0.1, -0.05) is 18.2 Å². The minimum Gasteiger partial charge on any atom is -0.457 e. The van der Waals surface area contributed by atoms with Crippen molar-refractivity contribution in [1.82, 2.24) is 0 Å². The molecule has 0 radical (unpaired) electrons. The van der Waals surface area contributed by atoms with Gasteiger partial charge in [-0.2, -0.15) is 11.8 Å². The summed E-state index contributed by atoms with van der Waals surface area (Å²) in [4.78, 5) is 0.364. The van der Waals surface area contributed by atoms with Crippen LogP contribution in [0, 0.1) is 0 Å². The van der Waals surface area contributed by atoms with E-state index in [0.29, 0.717) is 10.6 Å². The molecule has 0 aromatic heterocycles. The molecule has 0 saturated carbocycles. The fraction of sp³-hybridized carbons (Fsp3) is 0.250. The predicted octanol–water partition coefficient (Wildman–Crippen LogP) is 3.76. The largest absolute Gasteiger partial charge is 0.457 e. The Balaban J connectivity index is 1.77. The molecule has 0 N–H and O–H groups in total. The lowest BCUT2D eigenvalue weighted by Crippen LogP contribution is -2.22. The molecule has 0 unspecified atom stereocenters. The van der Waals surface area contributed by atoms with Gasteiger partial charge >= 0.3 is 0 Å². The summed E-state index contributed by atoms with van der Waals surface area (Å²) in [7, 11) is -3.24. The second-order valence-electron chi connectivity index (χ2n) is 5.01. The Morgan fingerprint density at radius 1 is 1.05 bits per heavy atom. The molecule has 0 bridgehead atoms. The molecule has 3 nitrogen and oxygen atoms in total. The first-order valence-electron chi connectivity index (χ1n) is 6.76. The highest BCUT2D eigenvalue weighted by Gasteiger charge is 2.38. The summed E-state index contributed by atoms with van der Waals surface area (Å²) in [5.74, 6) is 2.31. The van der Waals surface area contributed by atoms with Gasteiger partial charge in [0.05, 0.1) is 10.1 Å². The Kier molecular flexibility index (Phi) is 3.95.